The third kappa shape index (κ3) is 5.66. The fraction of sp³-hybridized carbons (Fsp3) is 0.711. The van der Waals surface area contributed by atoms with Crippen molar-refractivity contribution >= 4 is 17.7 Å². The second-order valence-corrected chi connectivity index (χ2v) is 20.4. The molecular weight excluding hydrogens is 682 g/mol. The number of esters is 1. The van der Waals surface area contributed by atoms with Crippen LogP contribution in [0.2, 0.25) is 0 Å². The summed E-state index contributed by atoms with van der Waals surface area (Å²) in [6.07, 6.45) is 8.88. The van der Waals surface area contributed by atoms with Gasteiger partial charge in [0.1, 0.15) is 17.7 Å². The predicted molar refractivity (Wildman–Crippen MR) is 205 cm³/mol. The molecule has 1 aromatic carbocycles. The minimum atomic E-state index is -1.17. The van der Waals surface area contributed by atoms with E-state index in [2.05, 4.69) is 53.6 Å². The van der Waals surface area contributed by atoms with Gasteiger partial charge in [0.05, 0.1) is 11.8 Å². The first-order valence-electron chi connectivity index (χ1n) is 20.5. The fourth-order valence-electron chi connectivity index (χ4n) is 13.4. The van der Waals surface area contributed by atoms with Crippen molar-refractivity contribution in [2.75, 3.05) is 0 Å². The summed E-state index contributed by atoms with van der Waals surface area (Å²) in [5.74, 6) is 1.50. The van der Waals surface area contributed by atoms with Crippen LogP contribution in [0.25, 0.3) is 11.4 Å². The third-order valence-electron chi connectivity index (χ3n) is 16.5. The molecule has 54 heavy (non-hydrogen) atoms. The van der Waals surface area contributed by atoms with Crippen molar-refractivity contribution in [2.24, 2.45) is 63.2 Å². The normalized spacial score (nSPS) is 36.0. The highest BCUT2D eigenvalue weighted by Crippen LogP contribution is 2.77. The lowest BCUT2D eigenvalue weighted by molar-refractivity contribution is -0.233. The summed E-state index contributed by atoms with van der Waals surface area (Å²) in [4.78, 5) is 39.1. The maximum atomic E-state index is 14.2. The van der Waals surface area contributed by atoms with Crippen molar-refractivity contribution < 1.29 is 28.6 Å². The van der Waals surface area contributed by atoms with E-state index >= 15 is 0 Å². The number of rotatable bonds is 8. The van der Waals surface area contributed by atoms with Crippen molar-refractivity contribution in [3.05, 3.63) is 47.1 Å². The lowest BCUT2D eigenvalue weighted by atomic mass is 9.33. The standard InChI is InChI=1S/C45H62FN3O5/c1-26(2)36-30(50)23-45(24-34-47-48-38(49(34)10)27-11-13-28(46)14-12-27)22-21-43(8)29(37(36)45)15-16-32-42(7)19-18-33(54-35(51)25-40(3,4)39(52)53)41(5,6)31(42)17-20-44(32,43)9/h11-14,26,29,31-33H,15-25H2,1-10H3,(H,52,53)/t29-,31?,32-,33+,42+,43-,44-,45+/m1/s1. The third-order valence-corrected chi connectivity index (χ3v) is 16.5. The molecule has 0 bridgehead atoms. The molecule has 294 valence electrons. The topological polar surface area (TPSA) is 111 Å². The molecular formula is C45H62FN3O5. The van der Waals surface area contributed by atoms with Gasteiger partial charge in [0.15, 0.2) is 11.6 Å². The second-order valence-electron chi connectivity index (χ2n) is 20.4. The number of aliphatic carboxylic acids is 1. The Bertz CT molecular complexity index is 1890. The molecule has 8 nitrogen and oxygen atoms in total. The number of Topliss-reactive ketones (excluding diaryl/α,β-unsaturated/α-hetero) is 1. The molecule has 5 aliphatic rings. The van der Waals surface area contributed by atoms with Crippen LogP contribution in [0.1, 0.15) is 132 Å². The Kier molecular flexibility index (Phi) is 9.25. The lowest BCUT2D eigenvalue weighted by Crippen LogP contribution is -2.65. The Hall–Kier alpha value is -3.36. The number of benzene rings is 1. The van der Waals surface area contributed by atoms with Gasteiger partial charge in [-0.05, 0) is 135 Å². The van der Waals surface area contributed by atoms with E-state index in [0.29, 0.717) is 42.2 Å². The van der Waals surface area contributed by atoms with Gasteiger partial charge in [-0.1, -0.05) is 54.0 Å². The maximum Gasteiger partial charge on any atom is 0.309 e. The fourth-order valence-corrected chi connectivity index (χ4v) is 13.4. The van der Waals surface area contributed by atoms with Crippen LogP contribution >= 0.6 is 0 Å². The number of halogens is 1. The zero-order valence-corrected chi connectivity index (χ0v) is 34.3. The number of hydrogen-bond donors (Lipinski definition) is 1. The number of ether oxygens (including phenoxy) is 1. The van der Waals surface area contributed by atoms with Crippen LogP contribution in [-0.4, -0.2) is 43.7 Å². The van der Waals surface area contributed by atoms with Crippen LogP contribution in [0, 0.1) is 62.0 Å². The van der Waals surface area contributed by atoms with Gasteiger partial charge in [0, 0.05) is 36.3 Å². The molecule has 1 aromatic heterocycles. The summed E-state index contributed by atoms with van der Waals surface area (Å²) >= 11 is 0. The number of carbonyl (C=O) groups is 3. The van der Waals surface area contributed by atoms with Gasteiger partial charge >= 0.3 is 11.9 Å². The molecule has 0 spiro atoms. The maximum absolute atomic E-state index is 14.2. The van der Waals surface area contributed by atoms with Crippen LogP contribution in [0.5, 0.6) is 0 Å². The van der Waals surface area contributed by atoms with Crippen LogP contribution < -0.4 is 0 Å². The monoisotopic (exact) mass is 743 g/mol. The minimum absolute atomic E-state index is 0.0164. The molecule has 0 saturated heterocycles. The molecule has 0 aliphatic heterocycles. The Morgan fingerprint density at radius 2 is 1.63 bits per heavy atom. The second kappa shape index (κ2) is 12.8. The van der Waals surface area contributed by atoms with E-state index < -0.39 is 17.4 Å². The first-order chi connectivity index (χ1) is 25.1. The van der Waals surface area contributed by atoms with Gasteiger partial charge in [0.2, 0.25) is 0 Å². The van der Waals surface area contributed by atoms with Crippen molar-refractivity contribution in [2.45, 2.75) is 139 Å². The van der Waals surface area contributed by atoms with Crippen LogP contribution in [-0.2, 0) is 32.6 Å². The number of carboxylic acids is 1. The minimum Gasteiger partial charge on any atom is -0.481 e. The highest BCUT2D eigenvalue weighted by molar-refractivity contribution is 6.00. The Morgan fingerprint density at radius 3 is 2.28 bits per heavy atom. The van der Waals surface area contributed by atoms with E-state index in [0.717, 1.165) is 68.3 Å². The zero-order chi connectivity index (χ0) is 39.4. The van der Waals surface area contributed by atoms with Crippen molar-refractivity contribution in [1.82, 2.24) is 14.8 Å². The SMILES string of the molecule is CC(C)C1=C2[C@H]3CC[C@@H]4[C@@]5(C)CC[C@H](OC(=O)CC(C)(C)C(=O)O)C(C)(C)C5CC[C@@]4(C)[C@]3(C)CC[C@@]2(Cc2nnc(-c3ccc(F)cc3)n2C)CC1=O. The number of carbonyl (C=O) groups excluding carboxylic acids is 2. The number of fused-ring (bicyclic) bond motifs is 7. The predicted octanol–water partition coefficient (Wildman–Crippen LogP) is 9.56. The van der Waals surface area contributed by atoms with Crippen LogP contribution in [0.3, 0.4) is 0 Å². The molecule has 4 fully saturated rings. The van der Waals surface area contributed by atoms with E-state index in [9.17, 15) is 23.9 Å². The number of aromatic nitrogens is 3. The van der Waals surface area contributed by atoms with Crippen molar-refractivity contribution in [1.29, 1.82) is 0 Å². The highest BCUT2D eigenvalue weighted by Gasteiger charge is 2.70. The summed E-state index contributed by atoms with van der Waals surface area (Å²) in [7, 11) is 1.99. The Balaban J connectivity index is 1.19. The molecule has 9 heteroatoms. The Morgan fingerprint density at radius 1 is 0.944 bits per heavy atom. The van der Waals surface area contributed by atoms with E-state index in [4.69, 9.17) is 9.84 Å². The van der Waals surface area contributed by atoms with Crippen LogP contribution in [0.15, 0.2) is 35.4 Å². The number of ketones is 1. The molecule has 8 atom stereocenters. The van der Waals surface area contributed by atoms with Crippen LogP contribution in [0.4, 0.5) is 4.39 Å². The Labute approximate surface area is 321 Å². The van der Waals surface area contributed by atoms with E-state index in [1.165, 1.54) is 17.7 Å². The smallest absolute Gasteiger partial charge is 0.309 e. The molecule has 2 aromatic rings. The quantitative estimate of drug-likeness (QED) is 0.268. The van der Waals surface area contributed by atoms with Gasteiger partial charge in [-0.3, -0.25) is 14.4 Å². The highest BCUT2D eigenvalue weighted by atomic mass is 19.1. The van der Waals surface area contributed by atoms with Crippen molar-refractivity contribution in [3.8, 4) is 11.4 Å². The average molecular weight is 744 g/mol. The summed E-state index contributed by atoms with van der Waals surface area (Å²) < 4.78 is 22.0. The molecule has 7 rings (SSSR count). The molecule has 1 heterocycles. The first kappa shape index (κ1) is 38.9. The molecule has 5 aliphatic carbocycles. The number of nitrogens with zero attached hydrogens (tertiary/aromatic N) is 3. The van der Waals surface area contributed by atoms with E-state index in [1.54, 1.807) is 26.0 Å². The zero-order valence-electron chi connectivity index (χ0n) is 34.3. The van der Waals surface area contributed by atoms with Gasteiger partial charge in [0.25, 0.3) is 0 Å². The number of hydrogen-bond acceptors (Lipinski definition) is 6. The van der Waals surface area contributed by atoms with Gasteiger partial charge < -0.3 is 14.4 Å². The number of allylic oxidation sites excluding steroid dienone is 2. The summed E-state index contributed by atoms with van der Waals surface area (Å²) in [5, 5.41) is 18.9. The van der Waals surface area contributed by atoms with E-state index in [-0.39, 0.29) is 51.3 Å². The van der Waals surface area contributed by atoms with Gasteiger partial charge in [-0.25, -0.2) is 4.39 Å². The number of carboxylic acid groups (broad SMARTS) is 1. The summed E-state index contributed by atoms with van der Waals surface area (Å²) in [6, 6.07) is 6.39. The summed E-state index contributed by atoms with van der Waals surface area (Å²) in [5.41, 5.74) is 1.74. The molecule has 0 amide bonds. The summed E-state index contributed by atoms with van der Waals surface area (Å²) in [6.45, 7) is 19.7. The average Bonchev–Trinajstić information content (AvgIpc) is 3.58. The van der Waals surface area contributed by atoms with Gasteiger partial charge in [-0.2, -0.15) is 0 Å². The van der Waals surface area contributed by atoms with E-state index in [1.807, 2.05) is 11.6 Å². The molecule has 4 saturated carbocycles. The molecule has 1 N–H and O–H groups in total. The first-order valence-corrected chi connectivity index (χ1v) is 20.5. The largest absolute Gasteiger partial charge is 0.481 e. The molecule has 1 unspecified atom stereocenters. The van der Waals surface area contributed by atoms with Crippen molar-refractivity contribution in [3.63, 3.8) is 0 Å². The van der Waals surface area contributed by atoms with Gasteiger partial charge in [-0.15, -0.1) is 10.2 Å². The molecule has 0 radical (unpaired) electrons. The lowest BCUT2D eigenvalue weighted by Gasteiger charge is -2.72.